The Labute approximate surface area is 124 Å². The Bertz CT molecular complexity index is 627. The van der Waals surface area contributed by atoms with Crippen LogP contribution >= 0.6 is 0 Å². The maximum Gasteiger partial charge on any atom is 0.213 e. The van der Waals surface area contributed by atoms with Gasteiger partial charge < -0.3 is 14.6 Å². The van der Waals surface area contributed by atoms with Crippen LogP contribution in [0.4, 0.5) is 0 Å². The number of rotatable bonds is 5. The zero-order chi connectivity index (χ0) is 14.7. The molecule has 0 saturated carbocycles. The SMILES string of the molecule is COc1cccc(C(O)CCc2ccc3c(c2)CCO3)n1. The van der Waals surface area contributed by atoms with E-state index in [1.54, 1.807) is 13.2 Å². The number of aliphatic hydroxyl groups is 1. The highest BCUT2D eigenvalue weighted by Crippen LogP contribution is 2.27. The molecule has 1 N–H and O–H groups in total. The predicted octanol–water partition coefficient (Wildman–Crippen LogP) is 2.69. The average Bonchev–Trinajstić information content (AvgIpc) is 3.00. The molecule has 1 aromatic carbocycles. The molecule has 2 aromatic rings. The van der Waals surface area contributed by atoms with Crippen molar-refractivity contribution in [1.29, 1.82) is 0 Å². The van der Waals surface area contributed by atoms with Gasteiger partial charge in [-0.15, -0.1) is 0 Å². The zero-order valence-electron chi connectivity index (χ0n) is 12.1. The summed E-state index contributed by atoms with van der Waals surface area (Å²) in [7, 11) is 1.57. The van der Waals surface area contributed by atoms with E-state index in [-0.39, 0.29) is 0 Å². The van der Waals surface area contributed by atoms with Crippen molar-refractivity contribution in [2.24, 2.45) is 0 Å². The molecule has 0 saturated heterocycles. The van der Waals surface area contributed by atoms with Crippen LogP contribution in [0, 0.1) is 0 Å². The molecule has 0 fully saturated rings. The summed E-state index contributed by atoms with van der Waals surface area (Å²) in [5.41, 5.74) is 3.14. The van der Waals surface area contributed by atoms with E-state index in [1.165, 1.54) is 11.1 Å². The van der Waals surface area contributed by atoms with E-state index in [0.717, 1.165) is 25.2 Å². The lowest BCUT2D eigenvalue weighted by molar-refractivity contribution is 0.162. The smallest absolute Gasteiger partial charge is 0.213 e. The van der Waals surface area contributed by atoms with Crippen LogP contribution in [0.5, 0.6) is 11.6 Å². The minimum Gasteiger partial charge on any atom is -0.493 e. The highest BCUT2D eigenvalue weighted by Gasteiger charge is 2.14. The highest BCUT2D eigenvalue weighted by atomic mass is 16.5. The van der Waals surface area contributed by atoms with E-state index in [9.17, 15) is 5.11 Å². The van der Waals surface area contributed by atoms with Crippen molar-refractivity contribution >= 4 is 0 Å². The molecule has 2 heterocycles. The largest absolute Gasteiger partial charge is 0.493 e. The van der Waals surface area contributed by atoms with Gasteiger partial charge in [-0.1, -0.05) is 18.2 Å². The zero-order valence-corrected chi connectivity index (χ0v) is 12.1. The van der Waals surface area contributed by atoms with Crippen LogP contribution in [0.1, 0.15) is 29.3 Å². The standard InChI is InChI=1S/C17H19NO3/c1-20-17-4-2-3-14(18-17)15(19)7-5-12-6-8-16-13(11-12)9-10-21-16/h2-4,6,8,11,15,19H,5,7,9-10H2,1H3. The summed E-state index contributed by atoms with van der Waals surface area (Å²) in [6.45, 7) is 0.773. The first-order chi connectivity index (χ1) is 10.3. The lowest BCUT2D eigenvalue weighted by Crippen LogP contribution is -2.03. The molecule has 21 heavy (non-hydrogen) atoms. The number of aliphatic hydroxyl groups excluding tert-OH is 1. The summed E-state index contributed by atoms with van der Waals surface area (Å²) < 4.78 is 10.6. The van der Waals surface area contributed by atoms with Crippen molar-refractivity contribution in [3.8, 4) is 11.6 Å². The van der Waals surface area contributed by atoms with Crippen molar-refractivity contribution in [2.45, 2.75) is 25.4 Å². The van der Waals surface area contributed by atoms with Crippen LogP contribution in [-0.2, 0) is 12.8 Å². The molecule has 0 aliphatic carbocycles. The monoisotopic (exact) mass is 285 g/mol. The Balaban J connectivity index is 1.64. The van der Waals surface area contributed by atoms with Crippen LogP contribution < -0.4 is 9.47 Å². The Hall–Kier alpha value is -2.07. The number of fused-ring (bicyclic) bond motifs is 1. The fourth-order valence-corrected chi connectivity index (χ4v) is 2.58. The molecule has 1 aromatic heterocycles. The predicted molar refractivity (Wildman–Crippen MR) is 79.7 cm³/mol. The van der Waals surface area contributed by atoms with Crippen LogP contribution in [0.25, 0.3) is 0 Å². The second-order valence-corrected chi connectivity index (χ2v) is 5.20. The average molecular weight is 285 g/mol. The Kier molecular flexibility index (Phi) is 4.06. The normalized spacial score (nSPS) is 14.4. The van der Waals surface area contributed by atoms with Gasteiger partial charge in [0.25, 0.3) is 0 Å². The molecule has 3 rings (SSSR count). The molecular weight excluding hydrogens is 266 g/mol. The molecule has 0 bridgehead atoms. The summed E-state index contributed by atoms with van der Waals surface area (Å²) in [6.07, 6.45) is 1.85. The van der Waals surface area contributed by atoms with Gasteiger partial charge in [-0.3, -0.25) is 0 Å². The number of ether oxygens (including phenoxy) is 2. The first kappa shape index (κ1) is 13.9. The van der Waals surface area contributed by atoms with Gasteiger partial charge in [-0.2, -0.15) is 0 Å². The molecule has 110 valence electrons. The topological polar surface area (TPSA) is 51.6 Å². The maximum absolute atomic E-state index is 10.3. The number of methoxy groups -OCH3 is 1. The van der Waals surface area contributed by atoms with Gasteiger partial charge >= 0.3 is 0 Å². The molecule has 1 atom stereocenters. The first-order valence-corrected chi connectivity index (χ1v) is 7.20. The Morgan fingerprint density at radius 1 is 1.33 bits per heavy atom. The van der Waals surface area contributed by atoms with E-state index in [1.807, 2.05) is 18.2 Å². The summed E-state index contributed by atoms with van der Waals surface area (Å²) in [4.78, 5) is 4.27. The molecule has 4 heteroatoms. The number of hydrogen-bond donors (Lipinski definition) is 1. The second kappa shape index (κ2) is 6.14. The minimum absolute atomic E-state index is 0.529. The Morgan fingerprint density at radius 2 is 2.24 bits per heavy atom. The second-order valence-electron chi connectivity index (χ2n) is 5.20. The van der Waals surface area contributed by atoms with Crippen molar-refractivity contribution in [2.75, 3.05) is 13.7 Å². The van der Waals surface area contributed by atoms with E-state index < -0.39 is 6.10 Å². The number of aryl methyl sites for hydroxylation is 1. The molecule has 1 unspecified atom stereocenters. The number of pyridine rings is 1. The fraction of sp³-hybridized carbons (Fsp3) is 0.353. The summed E-state index contributed by atoms with van der Waals surface area (Å²) in [5.74, 6) is 1.52. The third kappa shape index (κ3) is 3.16. The number of aromatic nitrogens is 1. The lowest BCUT2D eigenvalue weighted by Gasteiger charge is -2.11. The maximum atomic E-state index is 10.3. The van der Waals surface area contributed by atoms with E-state index in [0.29, 0.717) is 18.0 Å². The third-order valence-corrected chi connectivity index (χ3v) is 3.76. The highest BCUT2D eigenvalue weighted by molar-refractivity contribution is 5.39. The first-order valence-electron chi connectivity index (χ1n) is 7.20. The molecule has 1 aliphatic rings. The van der Waals surface area contributed by atoms with Gasteiger partial charge in [-0.05, 0) is 36.1 Å². The van der Waals surface area contributed by atoms with E-state index in [4.69, 9.17) is 9.47 Å². The van der Waals surface area contributed by atoms with E-state index >= 15 is 0 Å². The van der Waals surface area contributed by atoms with Gasteiger partial charge in [0, 0.05) is 12.5 Å². The summed E-state index contributed by atoms with van der Waals surface area (Å²) in [5, 5.41) is 10.3. The van der Waals surface area contributed by atoms with Gasteiger partial charge in [-0.25, -0.2) is 4.98 Å². The molecule has 4 nitrogen and oxygen atoms in total. The lowest BCUT2D eigenvalue weighted by atomic mass is 10.0. The molecule has 0 radical (unpaired) electrons. The molecule has 0 spiro atoms. The molecule has 1 aliphatic heterocycles. The minimum atomic E-state index is -0.579. The van der Waals surface area contributed by atoms with Crippen molar-refractivity contribution in [3.63, 3.8) is 0 Å². The van der Waals surface area contributed by atoms with Crippen LogP contribution in [0.3, 0.4) is 0 Å². The number of benzene rings is 1. The number of nitrogens with zero attached hydrogens (tertiary/aromatic N) is 1. The molecule has 0 amide bonds. The van der Waals surface area contributed by atoms with Crippen molar-refractivity contribution < 1.29 is 14.6 Å². The quantitative estimate of drug-likeness (QED) is 0.917. The summed E-state index contributed by atoms with van der Waals surface area (Å²) >= 11 is 0. The van der Waals surface area contributed by atoms with Crippen molar-refractivity contribution in [1.82, 2.24) is 4.98 Å². The van der Waals surface area contributed by atoms with Crippen molar-refractivity contribution in [3.05, 3.63) is 53.2 Å². The Morgan fingerprint density at radius 3 is 3.10 bits per heavy atom. The van der Waals surface area contributed by atoms with Crippen LogP contribution in [0.2, 0.25) is 0 Å². The van der Waals surface area contributed by atoms with Gasteiger partial charge in [0.1, 0.15) is 5.75 Å². The summed E-state index contributed by atoms with van der Waals surface area (Å²) in [6, 6.07) is 11.7. The van der Waals surface area contributed by atoms with Gasteiger partial charge in [0.2, 0.25) is 5.88 Å². The van der Waals surface area contributed by atoms with Crippen LogP contribution in [-0.4, -0.2) is 23.8 Å². The fourth-order valence-electron chi connectivity index (χ4n) is 2.58. The van der Waals surface area contributed by atoms with Gasteiger partial charge in [0.05, 0.1) is 25.5 Å². The molecular formula is C17H19NO3. The van der Waals surface area contributed by atoms with Gasteiger partial charge in [0.15, 0.2) is 0 Å². The van der Waals surface area contributed by atoms with E-state index in [2.05, 4.69) is 17.1 Å². The number of hydrogen-bond acceptors (Lipinski definition) is 4. The van der Waals surface area contributed by atoms with Crippen LogP contribution in [0.15, 0.2) is 36.4 Å². The third-order valence-electron chi connectivity index (χ3n) is 3.76.